The lowest BCUT2D eigenvalue weighted by Gasteiger charge is -2.33. The molecule has 0 aromatic heterocycles. The lowest BCUT2D eigenvalue weighted by Crippen LogP contribution is -2.40. The van der Waals surface area contributed by atoms with Gasteiger partial charge < -0.3 is 4.90 Å². The summed E-state index contributed by atoms with van der Waals surface area (Å²) in [6.45, 7) is 3.71. The van der Waals surface area contributed by atoms with Gasteiger partial charge in [0.1, 0.15) is 0 Å². The Labute approximate surface area is 266 Å². The van der Waals surface area contributed by atoms with Gasteiger partial charge in [0.15, 0.2) is 0 Å². The summed E-state index contributed by atoms with van der Waals surface area (Å²) < 4.78 is 28.7. The summed E-state index contributed by atoms with van der Waals surface area (Å²) in [5.41, 5.74) is 2.77. The molecule has 12 heteroatoms. The van der Waals surface area contributed by atoms with Crippen molar-refractivity contribution in [2.45, 2.75) is 31.2 Å². The fraction of sp³-hybridized carbons (Fsp3) is 0.161. The molecule has 222 valence electrons. The van der Waals surface area contributed by atoms with Crippen LogP contribution in [0.2, 0.25) is 0 Å². The molecule has 4 aromatic carbocycles. The van der Waals surface area contributed by atoms with Crippen LogP contribution >= 0.6 is 31.9 Å². The van der Waals surface area contributed by atoms with Crippen molar-refractivity contribution in [2.24, 2.45) is 0 Å². The molecule has 9 nitrogen and oxygen atoms in total. The van der Waals surface area contributed by atoms with E-state index in [4.69, 9.17) is 0 Å². The first kappa shape index (κ1) is 32.1. The molecule has 0 spiro atoms. The number of anilines is 1. The van der Waals surface area contributed by atoms with Crippen LogP contribution < -0.4 is 4.90 Å². The van der Waals surface area contributed by atoms with E-state index in [1.807, 2.05) is 13.8 Å². The van der Waals surface area contributed by atoms with Gasteiger partial charge in [-0.3, -0.25) is 19.7 Å². The maximum absolute atomic E-state index is 14.2. The predicted molar refractivity (Wildman–Crippen MR) is 171 cm³/mol. The number of halogens is 2. The van der Waals surface area contributed by atoms with Crippen molar-refractivity contribution in [3.63, 3.8) is 0 Å². The van der Waals surface area contributed by atoms with E-state index in [2.05, 4.69) is 31.9 Å². The number of benzene rings is 4. The van der Waals surface area contributed by atoms with E-state index in [9.17, 15) is 28.1 Å². The first-order chi connectivity index (χ1) is 20.3. The van der Waals surface area contributed by atoms with Crippen molar-refractivity contribution < 1.29 is 22.9 Å². The molecule has 0 radical (unpaired) electrons. The lowest BCUT2D eigenvalue weighted by molar-refractivity contribution is -0.384. The molecule has 0 fully saturated rings. The van der Waals surface area contributed by atoms with E-state index in [1.165, 1.54) is 48.3 Å². The SMILES string of the molecule is Cc1ccc(C(=O)N(c2cc(Br)cc(Br)c2)[C@H](CC(=O)N(C)S(=O)(=O)c2ccc(C)cc2)c2ccc([N+](=O)[O-])cc2)cc1. The van der Waals surface area contributed by atoms with Crippen molar-refractivity contribution in [3.8, 4) is 0 Å². The third-order valence-corrected chi connectivity index (χ3v) is 9.55. The fourth-order valence-electron chi connectivity index (χ4n) is 4.43. The summed E-state index contributed by atoms with van der Waals surface area (Å²) in [5.74, 6) is -1.23. The molecule has 0 N–H and O–H groups in total. The van der Waals surface area contributed by atoms with Crippen molar-refractivity contribution in [1.82, 2.24) is 4.31 Å². The van der Waals surface area contributed by atoms with E-state index < -0.39 is 39.2 Å². The molecule has 2 amide bonds. The van der Waals surface area contributed by atoms with Gasteiger partial charge in [0.25, 0.3) is 21.6 Å². The van der Waals surface area contributed by atoms with Gasteiger partial charge in [-0.15, -0.1) is 0 Å². The number of hydrogen-bond acceptors (Lipinski definition) is 6. The molecule has 43 heavy (non-hydrogen) atoms. The van der Waals surface area contributed by atoms with Crippen LogP contribution in [0.4, 0.5) is 11.4 Å². The second-order valence-corrected chi connectivity index (χ2v) is 13.7. The minimum atomic E-state index is -4.21. The van der Waals surface area contributed by atoms with E-state index in [0.29, 0.717) is 30.1 Å². The molecule has 4 rings (SSSR count). The van der Waals surface area contributed by atoms with Gasteiger partial charge in [-0.2, -0.15) is 0 Å². The maximum Gasteiger partial charge on any atom is 0.269 e. The highest BCUT2D eigenvalue weighted by Gasteiger charge is 2.34. The highest BCUT2D eigenvalue weighted by molar-refractivity contribution is 9.11. The molecule has 0 aliphatic carbocycles. The highest BCUT2D eigenvalue weighted by atomic mass is 79.9. The molecule has 0 saturated heterocycles. The Bertz CT molecular complexity index is 1760. The molecule has 4 aromatic rings. The molecule has 0 aliphatic rings. The Hall–Kier alpha value is -3.87. The quantitative estimate of drug-likeness (QED) is 0.131. The Morgan fingerprint density at radius 1 is 0.837 bits per heavy atom. The van der Waals surface area contributed by atoms with Crippen LogP contribution in [0, 0.1) is 24.0 Å². The number of non-ortho nitro benzene ring substituents is 1. The van der Waals surface area contributed by atoms with Crippen LogP contribution in [0.1, 0.15) is 39.5 Å². The number of carbonyl (C=O) groups excluding carboxylic acids is 2. The van der Waals surface area contributed by atoms with Crippen LogP contribution in [-0.2, 0) is 14.8 Å². The predicted octanol–water partition coefficient (Wildman–Crippen LogP) is 7.36. The number of nitrogens with zero attached hydrogens (tertiary/aromatic N) is 3. The zero-order chi connectivity index (χ0) is 31.5. The molecule has 0 bridgehead atoms. The molecule has 0 saturated carbocycles. The van der Waals surface area contributed by atoms with Crippen LogP contribution in [0.5, 0.6) is 0 Å². The lowest BCUT2D eigenvalue weighted by atomic mass is 9.98. The van der Waals surface area contributed by atoms with Crippen molar-refractivity contribution in [3.05, 3.63) is 132 Å². The van der Waals surface area contributed by atoms with Crippen molar-refractivity contribution >= 4 is 65.1 Å². The van der Waals surface area contributed by atoms with Crippen molar-refractivity contribution in [1.29, 1.82) is 0 Å². The number of aryl methyl sites for hydroxylation is 2. The zero-order valence-corrected chi connectivity index (χ0v) is 27.4. The minimum Gasteiger partial charge on any atom is -0.300 e. The monoisotopic (exact) mass is 727 g/mol. The maximum atomic E-state index is 14.2. The van der Waals surface area contributed by atoms with Gasteiger partial charge in [0.2, 0.25) is 5.91 Å². The van der Waals surface area contributed by atoms with Gasteiger partial charge >= 0.3 is 0 Å². The number of amides is 2. The fourth-order valence-corrected chi connectivity index (χ4v) is 6.83. The largest absolute Gasteiger partial charge is 0.300 e. The third-order valence-electron chi connectivity index (χ3n) is 6.84. The first-order valence-corrected chi connectivity index (χ1v) is 16.0. The van der Waals surface area contributed by atoms with E-state index in [0.717, 1.165) is 11.1 Å². The molecule has 0 aliphatic heterocycles. The van der Waals surface area contributed by atoms with Gasteiger partial charge in [0.05, 0.1) is 22.3 Å². The van der Waals surface area contributed by atoms with Gasteiger partial charge in [0, 0.05) is 39.4 Å². The Morgan fingerprint density at radius 3 is 1.86 bits per heavy atom. The number of hydrogen-bond donors (Lipinski definition) is 0. The van der Waals surface area contributed by atoms with Crippen LogP contribution in [0.3, 0.4) is 0 Å². The summed E-state index contributed by atoms with van der Waals surface area (Å²) >= 11 is 6.92. The number of nitro groups is 1. The molecule has 1 atom stereocenters. The van der Waals surface area contributed by atoms with E-state index in [1.54, 1.807) is 54.6 Å². The number of nitro benzene ring substituents is 1. The second-order valence-electron chi connectivity index (χ2n) is 9.92. The second kappa shape index (κ2) is 13.2. The van der Waals surface area contributed by atoms with Crippen LogP contribution in [-0.4, -0.2) is 36.5 Å². The average Bonchev–Trinajstić information content (AvgIpc) is 2.96. The topological polar surface area (TPSA) is 118 Å². The van der Waals surface area contributed by atoms with Gasteiger partial charge in [-0.05, 0) is 61.9 Å². The first-order valence-electron chi connectivity index (χ1n) is 13.0. The number of sulfonamides is 1. The summed E-state index contributed by atoms with van der Waals surface area (Å²) in [7, 11) is -3.03. The highest BCUT2D eigenvalue weighted by Crippen LogP contribution is 2.36. The standard InChI is InChI=1S/C31H27Br2N3O6S/c1-20-4-8-23(9-5-20)31(38)35(27-17-24(32)16-25(33)18-27)29(22-10-12-26(13-11-22)36(39)40)19-30(37)34(3)43(41,42)28-14-6-21(2)7-15-28/h4-18,29H,19H2,1-3H3/t29-/m1/s1. The normalized spacial score (nSPS) is 11.9. The van der Waals surface area contributed by atoms with E-state index in [-0.39, 0.29) is 10.6 Å². The Morgan fingerprint density at radius 2 is 1.35 bits per heavy atom. The summed E-state index contributed by atoms with van der Waals surface area (Å²) in [6.07, 6.45) is -0.443. The molecule has 0 heterocycles. The summed E-state index contributed by atoms with van der Waals surface area (Å²) in [5, 5.41) is 11.4. The molecular weight excluding hydrogens is 702 g/mol. The summed E-state index contributed by atoms with van der Waals surface area (Å²) in [4.78, 5) is 40.1. The van der Waals surface area contributed by atoms with E-state index >= 15 is 0 Å². The van der Waals surface area contributed by atoms with Gasteiger partial charge in [-0.25, -0.2) is 12.7 Å². The molecular formula is C31H27Br2N3O6S. The average molecular weight is 729 g/mol. The smallest absolute Gasteiger partial charge is 0.269 e. The zero-order valence-electron chi connectivity index (χ0n) is 23.4. The third kappa shape index (κ3) is 7.38. The summed E-state index contributed by atoms with van der Waals surface area (Å²) in [6, 6.07) is 22.7. The Kier molecular flexibility index (Phi) is 9.83. The Balaban J connectivity index is 1.85. The number of carbonyl (C=O) groups is 2. The number of rotatable bonds is 9. The van der Waals surface area contributed by atoms with Gasteiger partial charge in [-0.1, -0.05) is 79.4 Å². The molecule has 0 unspecified atom stereocenters. The van der Waals surface area contributed by atoms with Crippen LogP contribution in [0.15, 0.2) is 105 Å². The van der Waals surface area contributed by atoms with Crippen LogP contribution in [0.25, 0.3) is 0 Å². The minimum absolute atomic E-state index is 0.0515. The van der Waals surface area contributed by atoms with Crippen molar-refractivity contribution in [2.75, 3.05) is 11.9 Å².